The van der Waals surface area contributed by atoms with E-state index in [-0.39, 0.29) is 5.56 Å². The van der Waals surface area contributed by atoms with E-state index < -0.39 is 0 Å². The lowest BCUT2D eigenvalue weighted by atomic mass is 10.1. The van der Waals surface area contributed by atoms with Crippen molar-refractivity contribution in [1.82, 2.24) is 14.5 Å². The van der Waals surface area contributed by atoms with Crippen molar-refractivity contribution in [3.8, 4) is 17.1 Å². The molecule has 0 saturated carbocycles. The van der Waals surface area contributed by atoms with Gasteiger partial charge in [-0.15, -0.1) is 0 Å². The number of benzene rings is 3. The number of aromatic nitrogens is 2. The Bertz CT molecular complexity index is 1280. The van der Waals surface area contributed by atoms with Gasteiger partial charge in [-0.05, 0) is 74.3 Å². The molecule has 0 amide bonds. The summed E-state index contributed by atoms with van der Waals surface area (Å²) in [5, 5.41) is 0.635. The van der Waals surface area contributed by atoms with Gasteiger partial charge in [-0.25, -0.2) is 4.98 Å². The zero-order valence-electron chi connectivity index (χ0n) is 19.5. The predicted molar refractivity (Wildman–Crippen MR) is 137 cm³/mol. The van der Waals surface area contributed by atoms with Gasteiger partial charge in [0.05, 0.1) is 24.1 Å². The highest BCUT2D eigenvalue weighted by atomic mass is 16.5. The predicted octanol–water partition coefficient (Wildman–Crippen LogP) is 5.37. The first-order valence-electron chi connectivity index (χ1n) is 12.3. The Labute approximate surface area is 200 Å². The molecule has 0 atom stereocenters. The van der Waals surface area contributed by atoms with Crippen LogP contribution in [0.5, 0.6) is 5.75 Å². The van der Waals surface area contributed by atoms with Gasteiger partial charge >= 0.3 is 0 Å². The van der Waals surface area contributed by atoms with Crippen molar-refractivity contribution in [2.45, 2.75) is 32.2 Å². The monoisotopic (exact) mass is 453 g/mol. The van der Waals surface area contributed by atoms with Gasteiger partial charge < -0.3 is 9.64 Å². The molecule has 2 heterocycles. The Balaban J connectivity index is 1.35. The highest BCUT2D eigenvalue weighted by molar-refractivity contribution is 5.79. The van der Waals surface area contributed by atoms with Crippen LogP contribution in [0.4, 0.5) is 0 Å². The van der Waals surface area contributed by atoms with E-state index in [1.54, 1.807) is 4.57 Å². The number of para-hydroxylation sites is 1. The van der Waals surface area contributed by atoms with Gasteiger partial charge in [-0.3, -0.25) is 9.36 Å². The molecule has 0 aliphatic carbocycles. The second-order valence-electron chi connectivity index (χ2n) is 8.96. The number of hydrogen-bond acceptors (Lipinski definition) is 4. The average Bonchev–Trinajstić information content (AvgIpc) is 2.90. The summed E-state index contributed by atoms with van der Waals surface area (Å²) in [6, 6.07) is 25.5. The van der Waals surface area contributed by atoms with Crippen LogP contribution in [0.1, 0.15) is 31.2 Å². The van der Waals surface area contributed by atoms with E-state index in [9.17, 15) is 4.79 Å². The van der Waals surface area contributed by atoms with Crippen molar-refractivity contribution < 1.29 is 4.74 Å². The minimum absolute atomic E-state index is 0.0255. The molecule has 0 unspecified atom stereocenters. The third kappa shape index (κ3) is 5.20. The number of piperidine rings is 1. The summed E-state index contributed by atoms with van der Waals surface area (Å²) in [4.78, 5) is 20.8. The van der Waals surface area contributed by atoms with Gasteiger partial charge in [-0.2, -0.15) is 0 Å². The Kier molecular flexibility index (Phi) is 7.01. The van der Waals surface area contributed by atoms with Crippen molar-refractivity contribution in [1.29, 1.82) is 0 Å². The number of likely N-dealkylation sites (tertiary alicyclic amines) is 1. The van der Waals surface area contributed by atoms with Gasteiger partial charge in [0.25, 0.3) is 5.56 Å². The van der Waals surface area contributed by atoms with Crippen LogP contribution in [-0.4, -0.2) is 40.7 Å². The Morgan fingerprint density at radius 2 is 1.56 bits per heavy atom. The van der Waals surface area contributed by atoms with Crippen LogP contribution in [0.3, 0.4) is 0 Å². The SMILES string of the molecule is O=c1c2ccccc2nc(-c2ccc(OCCCN3CCCCC3)cc2)n1Cc1ccccc1. The maximum Gasteiger partial charge on any atom is 0.261 e. The topological polar surface area (TPSA) is 47.4 Å². The molecule has 0 radical (unpaired) electrons. The van der Waals surface area contributed by atoms with Gasteiger partial charge in [0.2, 0.25) is 0 Å². The lowest BCUT2D eigenvalue weighted by Gasteiger charge is -2.26. The lowest BCUT2D eigenvalue weighted by molar-refractivity contribution is 0.205. The van der Waals surface area contributed by atoms with E-state index in [1.807, 2.05) is 78.9 Å². The smallest absolute Gasteiger partial charge is 0.261 e. The molecule has 5 heteroatoms. The fraction of sp³-hybridized carbons (Fsp3) is 0.310. The lowest BCUT2D eigenvalue weighted by Crippen LogP contribution is -2.31. The summed E-state index contributed by atoms with van der Waals surface area (Å²) in [5.74, 6) is 1.52. The molecule has 34 heavy (non-hydrogen) atoms. The van der Waals surface area contributed by atoms with E-state index in [4.69, 9.17) is 9.72 Å². The van der Waals surface area contributed by atoms with E-state index in [2.05, 4.69) is 4.90 Å². The highest BCUT2D eigenvalue weighted by Gasteiger charge is 2.14. The van der Waals surface area contributed by atoms with Crippen molar-refractivity contribution >= 4 is 10.9 Å². The zero-order valence-corrected chi connectivity index (χ0v) is 19.5. The molecular formula is C29H31N3O2. The minimum Gasteiger partial charge on any atom is -0.494 e. The molecule has 0 spiro atoms. The van der Waals surface area contributed by atoms with Crippen molar-refractivity contribution in [3.63, 3.8) is 0 Å². The molecule has 5 rings (SSSR count). The molecule has 1 aromatic heterocycles. The van der Waals surface area contributed by atoms with Crippen LogP contribution < -0.4 is 10.3 Å². The van der Waals surface area contributed by atoms with Crippen molar-refractivity contribution in [2.24, 2.45) is 0 Å². The number of rotatable bonds is 8. The summed E-state index contributed by atoms with van der Waals surface area (Å²) in [7, 11) is 0. The number of hydrogen-bond donors (Lipinski definition) is 0. The molecule has 1 fully saturated rings. The van der Waals surface area contributed by atoms with Crippen LogP contribution in [0.15, 0.2) is 83.7 Å². The maximum absolute atomic E-state index is 13.4. The summed E-state index contributed by atoms with van der Waals surface area (Å²) < 4.78 is 7.76. The first-order chi connectivity index (χ1) is 16.8. The van der Waals surface area contributed by atoms with Gasteiger partial charge in [0.15, 0.2) is 0 Å². The normalized spacial score (nSPS) is 14.4. The third-order valence-corrected chi connectivity index (χ3v) is 6.49. The Hall–Kier alpha value is -3.44. The van der Waals surface area contributed by atoms with Crippen molar-refractivity contribution in [3.05, 3.63) is 94.8 Å². The van der Waals surface area contributed by atoms with Gasteiger partial charge in [0.1, 0.15) is 11.6 Å². The summed E-state index contributed by atoms with van der Waals surface area (Å²) in [5.41, 5.74) is 2.66. The third-order valence-electron chi connectivity index (χ3n) is 6.49. The van der Waals surface area contributed by atoms with E-state index >= 15 is 0 Å². The second-order valence-corrected chi connectivity index (χ2v) is 8.96. The number of ether oxygens (including phenoxy) is 1. The van der Waals surface area contributed by atoms with Crippen LogP contribution in [0, 0.1) is 0 Å². The van der Waals surface area contributed by atoms with Crippen LogP contribution in [-0.2, 0) is 6.54 Å². The van der Waals surface area contributed by atoms with Gasteiger partial charge in [0, 0.05) is 12.1 Å². The minimum atomic E-state index is -0.0255. The summed E-state index contributed by atoms with van der Waals surface area (Å²) in [6.07, 6.45) is 5.04. The second kappa shape index (κ2) is 10.7. The van der Waals surface area contributed by atoms with E-state index in [0.717, 1.165) is 29.8 Å². The molecule has 0 N–H and O–H groups in total. The quantitative estimate of drug-likeness (QED) is 0.337. The van der Waals surface area contributed by atoms with E-state index in [0.29, 0.717) is 29.9 Å². The van der Waals surface area contributed by atoms with E-state index in [1.165, 1.54) is 32.4 Å². The van der Waals surface area contributed by atoms with Crippen LogP contribution in [0.2, 0.25) is 0 Å². The average molecular weight is 454 g/mol. The van der Waals surface area contributed by atoms with Crippen molar-refractivity contribution in [2.75, 3.05) is 26.2 Å². The molecule has 5 nitrogen and oxygen atoms in total. The number of fused-ring (bicyclic) bond motifs is 1. The molecular weight excluding hydrogens is 422 g/mol. The fourth-order valence-electron chi connectivity index (χ4n) is 4.66. The maximum atomic E-state index is 13.4. The summed E-state index contributed by atoms with van der Waals surface area (Å²) >= 11 is 0. The first kappa shape index (κ1) is 22.4. The fourth-order valence-corrected chi connectivity index (χ4v) is 4.66. The molecule has 1 aliphatic rings. The zero-order chi connectivity index (χ0) is 23.2. The molecule has 1 aliphatic heterocycles. The molecule has 4 aromatic rings. The molecule has 3 aromatic carbocycles. The Morgan fingerprint density at radius 3 is 2.35 bits per heavy atom. The standard InChI is InChI=1S/C29H31N3O2/c33-29-26-12-5-6-13-27(26)30-28(32(29)22-23-10-3-1-4-11-23)24-14-16-25(17-15-24)34-21-9-20-31-18-7-2-8-19-31/h1,3-6,10-17H,2,7-9,18-22H2. The molecule has 0 bridgehead atoms. The first-order valence-corrected chi connectivity index (χ1v) is 12.3. The molecule has 174 valence electrons. The van der Waals surface area contributed by atoms with Gasteiger partial charge in [-0.1, -0.05) is 48.9 Å². The molecule has 1 saturated heterocycles. The largest absolute Gasteiger partial charge is 0.494 e. The highest BCUT2D eigenvalue weighted by Crippen LogP contribution is 2.23. The van der Waals surface area contributed by atoms with Crippen LogP contribution >= 0.6 is 0 Å². The Morgan fingerprint density at radius 1 is 0.824 bits per heavy atom. The number of nitrogens with zero attached hydrogens (tertiary/aromatic N) is 3. The van der Waals surface area contributed by atoms with Crippen LogP contribution in [0.25, 0.3) is 22.3 Å². The summed E-state index contributed by atoms with van der Waals surface area (Å²) in [6.45, 7) is 4.73.